The van der Waals surface area contributed by atoms with Gasteiger partial charge in [0.15, 0.2) is 0 Å². The Hall–Kier alpha value is -0.0800. The summed E-state index contributed by atoms with van der Waals surface area (Å²) in [5.74, 6) is 0. The minimum absolute atomic E-state index is 0.346. The molecule has 116 valence electrons. The third-order valence-electron chi connectivity index (χ3n) is 4.48. The van der Waals surface area contributed by atoms with Gasteiger partial charge in [-0.05, 0) is 31.1 Å². The van der Waals surface area contributed by atoms with Crippen molar-refractivity contribution in [1.82, 2.24) is 0 Å². The fourth-order valence-corrected chi connectivity index (χ4v) is 2.69. The van der Waals surface area contributed by atoms with Gasteiger partial charge in [0.05, 0.1) is 0 Å². The van der Waals surface area contributed by atoms with Crippen LogP contribution in [0, 0.1) is 5.41 Å². The van der Waals surface area contributed by atoms with Crippen molar-refractivity contribution in [2.75, 3.05) is 13.2 Å². The molecule has 0 aromatic carbocycles. The lowest BCUT2D eigenvalue weighted by molar-refractivity contribution is 0.236. The van der Waals surface area contributed by atoms with E-state index in [-0.39, 0.29) is 0 Å². The Bertz CT molecular complexity index is 182. The highest BCUT2D eigenvalue weighted by molar-refractivity contribution is 4.72. The molecule has 0 aliphatic carbocycles. The van der Waals surface area contributed by atoms with Crippen LogP contribution in [0.4, 0.5) is 0 Å². The van der Waals surface area contributed by atoms with E-state index >= 15 is 0 Å². The Morgan fingerprint density at radius 2 is 1.00 bits per heavy atom. The first kappa shape index (κ1) is 18.9. The van der Waals surface area contributed by atoms with Gasteiger partial charge in [0.25, 0.3) is 0 Å². The molecule has 0 radical (unpaired) electrons. The van der Waals surface area contributed by atoms with Gasteiger partial charge in [-0.25, -0.2) is 0 Å². The summed E-state index contributed by atoms with van der Waals surface area (Å²) in [6.45, 7) is 5.45. The summed E-state index contributed by atoms with van der Waals surface area (Å²) in [6.07, 6.45) is 14.8. The number of hydrogen-bond donors (Lipinski definition) is 2. The van der Waals surface area contributed by atoms with E-state index in [1.807, 2.05) is 0 Å². The fraction of sp³-hybridized carbons (Fsp3) is 1.00. The Balaban J connectivity index is 3.58. The Morgan fingerprint density at radius 3 is 1.37 bits per heavy atom. The molecular formula is C17H36O2. The number of aliphatic hydroxyl groups excluding tert-OH is 2. The summed E-state index contributed by atoms with van der Waals surface area (Å²) >= 11 is 0. The predicted octanol–water partition coefficient (Wildman–Crippen LogP) is 4.68. The molecular weight excluding hydrogens is 236 g/mol. The monoisotopic (exact) mass is 272 g/mol. The van der Waals surface area contributed by atoms with Crippen LogP contribution >= 0.6 is 0 Å². The quantitative estimate of drug-likeness (QED) is 0.451. The van der Waals surface area contributed by atoms with E-state index < -0.39 is 0 Å². The first-order valence-corrected chi connectivity index (χ1v) is 8.40. The molecule has 0 amide bonds. The van der Waals surface area contributed by atoms with Crippen LogP contribution in [0.15, 0.2) is 0 Å². The third kappa shape index (κ3) is 11.4. The largest absolute Gasteiger partial charge is 0.396 e. The van der Waals surface area contributed by atoms with Gasteiger partial charge in [0, 0.05) is 13.2 Å². The highest BCUT2D eigenvalue weighted by Gasteiger charge is 2.20. The van der Waals surface area contributed by atoms with Crippen LogP contribution in [0.5, 0.6) is 0 Å². The van der Waals surface area contributed by atoms with Gasteiger partial charge in [-0.15, -0.1) is 0 Å². The molecule has 2 nitrogen and oxygen atoms in total. The van der Waals surface area contributed by atoms with Crippen LogP contribution in [0.1, 0.15) is 90.9 Å². The second-order valence-electron chi connectivity index (χ2n) is 6.29. The zero-order valence-electron chi connectivity index (χ0n) is 13.3. The molecule has 1 unspecified atom stereocenters. The van der Waals surface area contributed by atoms with Crippen LogP contribution < -0.4 is 0 Å². The number of unbranched alkanes of at least 4 members (excludes halogenated alkanes) is 7. The molecule has 0 fully saturated rings. The second-order valence-corrected chi connectivity index (χ2v) is 6.29. The predicted molar refractivity (Wildman–Crippen MR) is 83.4 cm³/mol. The molecule has 0 rings (SSSR count). The van der Waals surface area contributed by atoms with Crippen LogP contribution in [-0.2, 0) is 0 Å². The van der Waals surface area contributed by atoms with E-state index in [9.17, 15) is 0 Å². The maximum atomic E-state index is 8.76. The standard InChI is InChI=1S/C17H36O2/c1-3-17(2,14-10-6-8-12-16-19)13-9-5-4-7-11-15-18/h18-19H,3-16H2,1-2H3. The summed E-state index contributed by atoms with van der Waals surface area (Å²) in [4.78, 5) is 0. The average molecular weight is 272 g/mol. The smallest absolute Gasteiger partial charge is 0.0431 e. The van der Waals surface area contributed by atoms with Crippen molar-refractivity contribution in [2.45, 2.75) is 90.9 Å². The maximum Gasteiger partial charge on any atom is 0.0431 e. The Labute approximate surface area is 120 Å². The molecule has 0 spiro atoms. The van der Waals surface area contributed by atoms with E-state index in [1.165, 1.54) is 64.2 Å². The van der Waals surface area contributed by atoms with E-state index in [0.29, 0.717) is 18.6 Å². The van der Waals surface area contributed by atoms with Crippen molar-refractivity contribution >= 4 is 0 Å². The van der Waals surface area contributed by atoms with Crippen molar-refractivity contribution < 1.29 is 10.2 Å². The van der Waals surface area contributed by atoms with Gasteiger partial charge >= 0.3 is 0 Å². The van der Waals surface area contributed by atoms with Gasteiger partial charge in [-0.1, -0.05) is 65.2 Å². The highest BCUT2D eigenvalue weighted by atomic mass is 16.3. The molecule has 2 N–H and O–H groups in total. The zero-order chi connectivity index (χ0) is 14.4. The lowest BCUT2D eigenvalue weighted by atomic mass is 9.77. The van der Waals surface area contributed by atoms with Crippen molar-refractivity contribution in [3.63, 3.8) is 0 Å². The van der Waals surface area contributed by atoms with Gasteiger partial charge in [-0.2, -0.15) is 0 Å². The molecule has 0 saturated carbocycles. The first-order chi connectivity index (χ1) is 9.18. The van der Waals surface area contributed by atoms with Gasteiger partial charge in [0.1, 0.15) is 0 Å². The van der Waals surface area contributed by atoms with Crippen molar-refractivity contribution in [2.24, 2.45) is 5.41 Å². The molecule has 19 heavy (non-hydrogen) atoms. The molecule has 0 heterocycles. The van der Waals surface area contributed by atoms with E-state index in [2.05, 4.69) is 13.8 Å². The van der Waals surface area contributed by atoms with Crippen LogP contribution in [-0.4, -0.2) is 23.4 Å². The minimum Gasteiger partial charge on any atom is -0.396 e. The summed E-state index contributed by atoms with van der Waals surface area (Å²) in [7, 11) is 0. The topological polar surface area (TPSA) is 40.5 Å². The normalized spacial score (nSPS) is 14.5. The average Bonchev–Trinajstić information content (AvgIpc) is 2.42. The lowest BCUT2D eigenvalue weighted by Gasteiger charge is -2.28. The van der Waals surface area contributed by atoms with Crippen molar-refractivity contribution in [1.29, 1.82) is 0 Å². The maximum absolute atomic E-state index is 8.76. The minimum atomic E-state index is 0.346. The molecule has 0 aromatic heterocycles. The van der Waals surface area contributed by atoms with Crippen LogP contribution in [0.25, 0.3) is 0 Å². The molecule has 0 bridgehead atoms. The Kier molecular flexibility index (Phi) is 12.9. The zero-order valence-corrected chi connectivity index (χ0v) is 13.3. The van der Waals surface area contributed by atoms with E-state index in [1.54, 1.807) is 0 Å². The van der Waals surface area contributed by atoms with Crippen molar-refractivity contribution in [3.8, 4) is 0 Å². The van der Waals surface area contributed by atoms with E-state index in [4.69, 9.17) is 10.2 Å². The highest BCUT2D eigenvalue weighted by Crippen LogP contribution is 2.34. The second kappa shape index (κ2) is 12.9. The van der Waals surface area contributed by atoms with Crippen LogP contribution in [0.3, 0.4) is 0 Å². The molecule has 0 aliphatic heterocycles. The Morgan fingerprint density at radius 1 is 0.632 bits per heavy atom. The first-order valence-electron chi connectivity index (χ1n) is 8.40. The summed E-state index contributed by atoms with van der Waals surface area (Å²) in [5.41, 5.74) is 0.524. The molecule has 0 saturated heterocycles. The molecule has 1 atom stereocenters. The summed E-state index contributed by atoms with van der Waals surface area (Å²) in [5, 5.41) is 17.5. The van der Waals surface area contributed by atoms with Gasteiger partial charge in [0.2, 0.25) is 0 Å². The van der Waals surface area contributed by atoms with Crippen molar-refractivity contribution in [3.05, 3.63) is 0 Å². The summed E-state index contributed by atoms with van der Waals surface area (Å²) < 4.78 is 0. The molecule has 0 aromatic rings. The molecule has 2 heteroatoms. The van der Waals surface area contributed by atoms with E-state index in [0.717, 1.165) is 12.8 Å². The van der Waals surface area contributed by atoms with Gasteiger partial charge in [-0.3, -0.25) is 0 Å². The lowest BCUT2D eigenvalue weighted by Crippen LogP contribution is -2.15. The van der Waals surface area contributed by atoms with Crippen LogP contribution in [0.2, 0.25) is 0 Å². The molecule has 0 aliphatic rings. The SMILES string of the molecule is CCC(C)(CCCCCCO)CCCCCCCO. The summed E-state index contributed by atoms with van der Waals surface area (Å²) in [6, 6.07) is 0. The van der Waals surface area contributed by atoms with Gasteiger partial charge < -0.3 is 10.2 Å². The third-order valence-corrected chi connectivity index (χ3v) is 4.48. The number of rotatable bonds is 14. The number of hydrogen-bond acceptors (Lipinski definition) is 2. The number of aliphatic hydroxyl groups is 2. The fourth-order valence-electron chi connectivity index (χ4n) is 2.69.